The highest BCUT2D eigenvalue weighted by molar-refractivity contribution is 6.31. The maximum absolute atomic E-state index is 13.9. The van der Waals surface area contributed by atoms with Crippen LogP contribution in [0, 0.1) is 5.82 Å². The summed E-state index contributed by atoms with van der Waals surface area (Å²) in [6.07, 6.45) is 1.67. The Bertz CT molecular complexity index is 981. The van der Waals surface area contributed by atoms with Crippen molar-refractivity contribution in [2.45, 2.75) is 6.54 Å². The summed E-state index contributed by atoms with van der Waals surface area (Å²) in [5, 5.41) is 4.02. The number of aromatic nitrogens is 1. The molecule has 1 aromatic heterocycles. The molecule has 3 aromatic rings. The second kappa shape index (κ2) is 8.33. The summed E-state index contributed by atoms with van der Waals surface area (Å²) in [5.74, 6) is -0.0329. The molecular formula is C20H19ClFN3O2. The van der Waals surface area contributed by atoms with E-state index in [1.807, 2.05) is 6.07 Å². The Morgan fingerprint density at radius 1 is 1.30 bits per heavy atom. The number of nitrogens with one attached hydrogen (secondary N) is 1. The Morgan fingerprint density at radius 3 is 2.89 bits per heavy atom. The van der Waals surface area contributed by atoms with Gasteiger partial charge in [-0.1, -0.05) is 17.7 Å². The predicted molar refractivity (Wildman–Crippen MR) is 105 cm³/mol. The van der Waals surface area contributed by atoms with E-state index in [4.69, 9.17) is 16.3 Å². The van der Waals surface area contributed by atoms with Crippen LogP contribution < -0.4 is 10.1 Å². The third kappa shape index (κ3) is 4.72. The van der Waals surface area contributed by atoms with Crippen LogP contribution in [0.4, 0.5) is 10.1 Å². The van der Waals surface area contributed by atoms with Crippen molar-refractivity contribution < 1.29 is 13.9 Å². The SMILES string of the molecule is COc1ccc(Cl)cc1NC(=O)CN(C)Cc1cc(F)cc2cccnc12. The summed E-state index contributed by atoms with van der Waals surface area (Å²) < 4.78 is 19.1. The topological polar surface area (TPSA) is 54.5 Å². The number of halogens is 2. The van der Waals surface area contributed by atoms with Crippen LogP contribution >= 0.6 is 11.6 Å². The van der Waals surface area contributed by atoms with Gasteiger partial charge in [0.25, 0.3) is 0 Å². The van der Waals surface area contributed by atoms with Gasteiger partial charge in [0, 0.05) is 23.2 Å². The summed E-state index contributed by atoms with van der Waals surface area (Å²) in [5.41, 5.74) is 1.95. The lowest BCUT2D eigenvalue weighted by Crippen LogP contribution is -2.30. The smallest absolute Gasteiger partial charge is 0.238 e. The van der Waals surface area contributed by atoms with Crippen molar-refractivity contribution in [3.05, 3.63) is 65.1 Å². The van der Waals surface area contributed by atoms with Crippen LogP contribution in [0.25, 0.3) is 10.9 Å². The Balaban J connectivity index is 1.70. The van der Waals surface area contributed by atoms with E-state index < -0.39 is 0 Å². The van der Waals surface area contributed by atoms with Crippen LogP contribution in [0.5, 0.6) is 5.75 Å². The Labute approximate surface area is 161 Å². The standard InChI is InChI=1S/C20H19ClFN3O2/c1-25(11-14-9-16(22)8-13-4-3-7-23-20(13)14)12-19(26)24-17-10-15(21)5-6-18(17)27-2/h3-10H,11-12H2,1-2H3,(H,24,26). The molecule has 0 bridgehead atoms. The molecule has 0 saturated carbocycles. The van der Waals surface area contributed by atoms with Crippen molar-refractivity contribution >= 4 is 34.1 Å². The van der Waals surface area contributed by atoms with E-state index >= 15 is 0 Å². The first-order valence-corrected chi connectivity index (χ1v) is 8.69. The second-order valence-corrected chi connectivity index (χ2v) is 6.64. The molecule has 3 rings (SSSR count). The van der Waals surface area contributed by atoms with Crippen LogP contribution in [-0.4, -0.2) is 36.5 Å². The van der Waals surface area contributed by atoms with Gasteiger partial charge < -0.3 is 10.1 Å². The fourth-order valence-electron chi connectivity index (χ4n) is 2.91. The zero-order valence-corrected chi connectivity index (χ0v) is 15.8. The van der Waals surface area contributed by atoms with Crippen LogP contribution in [0.1, 0.15) is 5.56 Å². The number of anilines is 1. The summed E-state index contributed by atoms with van der Waals surface area (Å²) >= 11 is 5.98. The molecule has 5 nitrogen and oxygen atoms in total. The van der Waals surface area contributed by atoms with Crippen molar-refractivity contribution in [3.63, 3.8) is 0 Å². The van der Waals surface area contributed by atoms with Gasteiger partial charge in [0.2, 0.25) is 5.91 Å². The molecule has 7 heteroatoms. The number of nitrogens with zero attached hydrogens (tertiary/aromatic N) is 2. The first-order chi connectivity index (χ1) is 13.0. The maximum Gasteiger partial charge on any atom is 0.238 e. The number of fused-ring (bicyclic) bond motifs is 1. The maximum atomic E-state index is 13.9. The fraction of sp³-hybridized carbons (Fsp3) is 0.200. The Kier molecular flexibility index (Phi) is 5.88. The van der Waals surface area contributed by atoms with E-state index in [-0.39, 0.29) is 18.3 Å². The van der Waals surface area contributed by atoms with Gasteiger partial charge in [-0.3, -0.25) is 14.7 Å². The molecule has 0 aliphatic carbocycles. The van der Waals surface area contributed by atoms with Gasteiger partial charge in [0.1, 0.15) is 11.6 Å². The third-order valence-corrected chi connectivity index (χ3v) is 4.27. The van der Waals surface area contributed by atoms with Gasteiger partial charge in [0.05, 0.1) is 24.9 Å². The van der Waals surface area contributed by atoms with Crippen LogP contribution in [0.3, 0.4) is 0 Å². The number of likely N-dealkylation sites (N-methyl/N-ethyl adjacent to an activating group) is 1. The van der Waals surface area contributed by atoms with Gasteiger partial charge in [0.15, 0.2) is 0 Å². The number of carbonyl (C=O) groups excluding carboxylic acids is 1. The molecular weight excluding hydrogens is 369 g/mol. The molecule has 0 aliphatic heterocycles. The van der Waals surface area contributed by atoms with Gasteiger partial charge in [-0.15, -0.1) is 0 Å². The molecule has 2 aromatic carbocycles. The number of carbonyl (C=O) groups is 1. The van der Waals surface area contributed by atoms with Crippen molar-refractivity contribution in [3.8, 4) is 5.75 Å². The zero-order chi connectivity index (χ0) is 19.4. The van der Waals surface area contributed by atoms with Crippen molar-refractivity contribution in [1.29, 1.82) is 0 Å². The fourth-order valence-corrected chi connectivity index (χ4v) is 3.08. The summed E-state index contributed by atoms with van der Waals surface area (Å²) in [7, 11) is 3.31. The lowest BCUT2D eigenvalue weighted by molar-refractivity contribution is -0.117. The van der Waals surface area contributed by atoms with Crippen molar-refractivity contribution in [2.24, 2.45) is 0 Å². The minimum atomic E-state index is -0.327. The minimum Gasteiger partial charge on any atom is -0.495 e. The molecule has 1 amide bonds. The minimum absolute atomic E-state index is 0.112. The summed E-state index contributed by atoms with van der Waals surface area (Å²) in [6, 6.07) is 11.5. The molecule has 27 heavy (non-hydrogen) atoms. The number of pyridine rings is 1. The molecule has 140 valence electrons. The lowest BCUT2D eigenvalue weighted by atomic mass is 10.1. The van der Waals surface area contributed by atoms with Crippen LogP contribution in [0.2, 0.25) is 5.02 Å². The van der Waals surface area contributed by atoms with Gasteiger partial charge in [-0.25, -0.2) is 4.39 Å². The normalized spacial score (nSPS) is 11.0. The number of hydrogen-bond donors (Lipinski definition) is 1. The predicted octanol–water partition coefficient (Wildman–Crippen LogP) is 4.11. The van der Waals surface area contributed by atoms with E-state index in [9.17, 15) is 9.18 Å². The first-order valence-electron chi connectivity index (χ1n) is 8.31. The molecule has 0 atom stereocenters. The highest BCUT2D eigenvalue weighted by atomic mass is 35.5. The monoisotopic (exact) mass is 387 g/mol. The van der Waals surface area contributed by atoms with E-state index in [0.717, 1.165) is 16.5 Å². The van der Waals surface area contributed by atoms with Crippen LogP contribution in [-0.2, 0) is 11.3 Å². The number of benzene rings is 2. The molecule has 0 radical (unpaired) electrons. The van der Waals surface area contributed by atoms with Gasteiger partial charge in [-0.05, 0) is 49.0 Å². The molecule has 0 fully saturated rings. The highest BCUT2D eigenvalue weighted by Crippen LogP contribution is 2.27. The zero-order valence-electron chi connectivity index (χ0n) is 15.0. The van der Waals surface area contributed by atoms with Gasteiger partial charge in [-0.2, -0.15) is 0 Å². The number of methoxy groups -OCH3 is 1. The second-order valence-electron chi connectivity index (χ2n) is 6.21. The average Bonchev–Trinajstić information content (AvgIpc) is 2.61. The number of hydrogen-bond acceptors (Lipinski definition) is 4. The largest absolute Gasteiger partial charge is 0.495 e. The average molecular weight is 388 g/mol. The third-order valence-electron chi connectivity index (χ3n) is 4.04. The Morgan fingerprint density at radius 2 is 2.11 bits per heavy atom. The summed E-state index contributed by atoms with van der Waals surface area (Å²) in [6.45, 7) is 0.492. The van der Waals surface area contributed by atoms with Crippen molar-refractivity contribution in [1.82, 2.24) is 9.88 Å². The van der Waals surface area contributed by atoms with E-state index in [2.05, 4.69) is 10.3 Å². The number of rotatable bonds is 6. The van der Waals surface area contributed by atoms with Crippen LogP contribution in [0.15, 0.2) is 48.7 Å². The van der Waals surface area contributed by atoms with E-state index in [1.165, 1.54) is 19.2 Å². The molecule has 1 N–H and O–H groups in total. The molecule has 0 aliphatic rings. The number of ether oxygens (including phenoxy) is 1. The summed E-state index contributed by atoms with van der Waals surface area (Å²) in [4.78, 5) is 18.5. The molecule has 0 unspecified atom stereocenters. The Hall–Kier alpha value is -2.70. The highest BCUT2D eigenvalue weighted by Gasteiger charge is 2.13. The molecule has 0 spiro atoms. The number of amides is 1. The van der Waals surface area contributed by atoms with E-state index in [1.54, 1.807) is 42.4 Å². The van der Waals surface area contributed by atoms with E-state index in [0.29, 0.717) is 23.0 Å². The molecule has 1 heterocycles. The van der Waals surface area contributed by atoms with Crippen molar-refractivity contribution in [2.75, 3.05) is 26.0 Å². The molecule has 0 saturated heterocycles. The first kappa shape index (κ1) is 19.1. The van der Waals surface area contributed by atoms with Gasteiger partial charge >= 0.3 is 0 Å². The quantitative estimate of drug-likeness (QED) is 0.691. The lowest BCUT2D eigenvalue weighted by Gasteiger charge is -2.18.